The van der Waals surface area contributed by atoms with E-state index in [0.29, 0.717) is 13.1 Å². The number of rotatable bonds is 4. The van der Waals surface area contributed by atoms with E-state index in [9.17, 15) is 14.7 Å². The third kappa shape index (κ3) is 3.71. The van der Waals surface area contributed by atoms with E-state index in [1.165, 1.54) is 0 Å². The van der Waals surface area contributed by atoms with Crippen LogP contribution in [0.15, 0.2) is 24.3 Å². The first-order valence-corrected chi connectivity index (χ1v) is 9.36. The Morgan fingerprint density at radius 1 is 1.32 bits per heavy atom. The van der Waals surface area contributed by atoms with Crippen LogP contribution in [-0.2, 0) is 16.0 Å². The van der Waals surface area contributed by atoms with E-state index in [2.05, 4.69) is 6.92 Å². The highest BCUT2D eigenvalue weighted by molar-refractivity contribution is 6.00. The minimum absolute atomic E-state index is 0.0309. The molecule has 25 heavy (non-hydrogen) atoms. The highest BCUT2D eigenvalue weighted by atomic mass is 16.3. The first-order chi connectivity index (χ1) is 12.0. The van der Waals surface area contributed by atoms with Crippen molar-refractivity contribution in [1.29, 1.82) is 0 Å². The maximum absolute atomic E-state index is 12.9. The second kappa shape index (κ2) is 7.56. The Kier molecular flexibility index (Phi) is 5.42. The number of aliphatic hydroxyl groups is 1. The summed E-state index contributed by atoms with van der Waals surface area (Å²) in [6, 6.07) is 7.92. The van der Waals surface area contributed by atoms with Gasteiger partial charge in [-0.1, -0.05) is 25.1 Å². The molecule has 0 aromatic heterocycles. The summed E-state index contributed by atoms with van der Waals surface area (Å²) in [4.78, 5) is 29.1. The predicted molar refractivity (Wildman–Crippen MR) is 97.3 cm³/mol. The number of likely N-dealkylation sites (tertiary alicyclic amines) is 1. The van der Waals surface area contributed by atoms with Crippen molar-refractivity contribution in [1.82, 2.24) is 4.90 Å². The number of aliphatic hydroxyl groups excluding tert-OH is 1. The molecule has 0 radical (unpaired) electrons. The van der Waals surface area contributed by atoms with Gasteiger partial charge in [-0.2, -0.15) is 0 Å². The molecule has 3 atom stereocenters. The van der Waals surface area contributed by atoms with Gasteiger partial charge in [-0.25, -0.2) is 0 Å². The molecule has 0 saturated carbocycles. The van der Waals surface area contributed by atoms with Crippen molar-refractivity contribution in [2.75, 3.05) is 24.5 Å². The van der Waals surface area contributed by atoms with Gasteiger partial charge in [0.25, 0.3) is 0 Å². The molecule has 5 nitrogen and oxygen atoms in total. The molecule has 0 aliphatic carbocycles. The number of hydrogen-bond donors (Lipinski definition) is 1. The van der Waals surface area contributed by atoms with E-state index in [1.807, 2.05) is 29.2 Å². The summed E-state index contributed by atoms with van der Waals surface area (Å²) >= 11 is 0. The van der Waals surface area contributed by atoms with Crippen LogP contribution >= 0.6 is 0 Å². The Bertz CT molecular complexity index is 644. The molecule has 2 aliphatic heterocycles. The summed E-state index contributed by atoms with van der Waals surface area (Å²) in [6.45, 7) is 5.67. The van der Waals surface area contributed by atoms with Gasteiger partial charge in [-0.3, -0.25) is 9.59 Å². The highest BCUT2D eigenvalue weighted by Crippen LogP contribution is 2.30. The molecule has 5 heteroatoms. The maximum atomic E-state index is 12.9. The number of hydrogen-bond acceptors (Lipinski definition) is 3. The summed E-state index contributed by atoms with van der Waals surface area (Å²) in [7, 11) is 0. The lowest BCUT2D eigenvalue weighted by Crippen LogP contribution is -2.45. The van der Waals surface area contributed by atoms with Crippen LogP contribution in [0.3, 0.4) is 0 Å². The number of anilines is 1. The highest BCUT2D eigenvalue weighted by Gasteiger charge is 2.39. The van der Waals surface area contributed by atoms with Gasteiger partial charge in [0.05, 0.1) is 12.0 Å². The van der Waals surface area contributed by atoms with Crippen LogP contribution in [0.25, 0.3) is 0 Å². The van der Waals surface area contributed by atoms with Crippen molar-refractivity contribution < 1.29 is 14.7 Å². The van der Waals surface area contributed by atoms with Gasteiger partial charge in [0.15, 0.2) is 0 Å². The number of carbonyl (C=O) groups excluding carboxylic acids is 2. The average Bonchev–Trinajstić information content (AvgIpc) is 3.02. The van der Waals surface area contributed by atoms with Gasteiger partial charge in [0, 0.05) is 37.7 Å². The molecule has 2 heterocycles. The van der Waals surface area contributed by atoms with Crippen LogP contribution < -0.4 is 4.90 Å². The monoisotopic (exact) mass is 344 g/mol. The van der Waals surface area contributed by atoms with Crippen molar-refractivity contribution in [2.45, 2.75) is 45.6 Å². The van der Waals surface area contributed by atoms with E-state index in [1.54, 1.807) is 11.8 Å². The summed E-state index contributed by atoms with van der Waals surface area (Å²) in [5, 5.41) is 9.83. The van der Waals surface area contributed by atoms with Gasteiger partial charge in [0.1, 0.15) is 0 Å². The van der Waals surface area contributed by atoms with Crippen LogP contribution in [0.1, 0.15) is 38.7 Å². The van der Waals surface area contributed by atoms with Crippen molar-refractivity contribution in [3.8, 4) is 0 Å². The van der Waals surface area contributed by atoms with Crippen LogP contribution in [0, 0.1) is 11.8 Å². The Hall–Kier alpha value is -1.88. The smallest absolute Gasteiger partial charge is 0.228 e. The Balaban J connectivity index is 1.70. The fourth-order valence-corrected chi connectivity index (χ4v) is 4.04. The summed E-state index contributed by atoms with van der Waals surface area (Å²) in [5.41, 5.74) is 2.07. The number of benzene rings is 1. The molecule has 2 aliphatic rings. The minimum Gasteiger partial charge on any atom is -0.393 e. The molecule has 0 bridgehead atoms. The van der Waals surface area contributed by atoms with Gasteiger partial charge in [0.2, 0.25) is 11.8 Å². The molecule has 1 aromatic carbocycles. The number of amides is 2. The zero-order valence-electron chi connectivity index (χ0n) is 15.1. The van der Waals surface area contributed by atoms with Crippen LogP contribution in [0.4, 0.5) is 5.69 Å². The largest absolute Gasteiger partial charge is 0.393 e. The number of piperidine rings is 1. The standard InChI is InChI=1S/C20H28N2O3/c1-3-15-7-4-5-9-18(15)22-13-17(11-19(22)24)20(25)21-10-6-8-16(12-21)14(2)23/h4-5,7,9,14,16-17,23H,3,6,8,10-13H2,1-2H3. The van der Waals surface area contributed by atoms with Crippen molar-refractivity contribution >= 4 is 17.5 Å². The third-order valence-corrected chi connectivity index (χ3v) is 5.59. The second-order valence-electron chi connectivity index (χ2n) is 7.31. The SMILES string of the molecule is CCc1ccccc1N1CC(C(=O)N2CCCC(C(C)O)C2)CC1=O. The number of nitrogens with zero attached hydrogens (tertiary/aromatic N) is 2. The third-order valence-electron chi connectivity index (χ3n) is 5.59. The van der Waals surface area contributed by atoms with Gasteiger partial charge < -0.3 is 14.9 Å². The Morgan fingerprint density at radius 3 is 2.80 bits per heavy atom. The van der Waals surface area contributed by atoms with Crippen LogP contribution in [0.5, 0.6) is 0 Å². The fourth-order valence-electron chi connectivity index (χ4n) is 4.04. The molecule has 2 fully saturated rings. The molecule has 136 valence electrons. The normalized spacial score (nSPS) is 25.3. The van der Waals surface area contributed by atoms with Crippen LogP contribution in [-0.4, -0.2) is 47.6 Å². The summed E-state index contributed by atoms with van der Waals surface area (Å²) in [6.07, 6.45) is 2.63. The molecular formula is C20H28N2O3. The molecule has 1 N–H and O–H groups in total. The van der Waals surface area contributed by atoms with Gasteiger partial charge in [-0.05, 0) is 37.8 Å². The Morgan fingerprint density at radius 2 is 2.08 bits per heavy atom. The first kappa shape index (κ1) is 17.9. The predicted octanol–water partition coefficient (Wildman–Crippen LogP) is 2.22. The van der Waals surface area contributed by atoms with Crippen molar-refractivity contribution in [2.24, 2.45) is 11.8 Å². The average molecular weight is 344 g/mol. The molecule has 0 spiro atoms. The lowest BCUT2D eigenvalue weighted by molar-refractivity contribution is -0.138. The topological polar surface area (TPSA) is 60.9 Å². The van der Waals surface area contributed by atoms with Gasteiger partial charge >= 0.3 is 0 Å². The molecule has 2 saturated heterocycles. The molecule has 1 aromatic rings. The van der Waals surface area contributed by atoms with E-state index in [0.717, 1.165) is 37.1 Å². The van der Waals surface area contributed by atoms with Crippen molar-refractivity contribution in [3.63, 3.8) is 0 Å². The first-order valence-electron chi connectivity index (χ1n) is 9.36. The van der Waals surface area contributed by atoms with Crippen molar-refractivity contribution in [3.05, 3.63) is 29.8 Å². The Labute approximate surface area is 149 Å². The number of carbonyl (C=O) groups is 2. The van der Waals surface area contributed by atoms with E-state index >= 15 is 0 Å². The van der Waals surface area contributed by atoms with Crippen LogP contribution in [0.2, 0.25) is 0 Å². The second-order valence-corrected chi connectivity index (χ2v) is 7.31. The molecular weight excluding hydrogens is 316 g/mol. The fraction of sp³-hybridized carbons (Fsp3) is 0.600. The minimum atomic E-state index is -0.395. The van der Waals surface area contributed by atoms with E-state index < -0.39 is 6.10 Å². The summed E-state index contributed by atoms with van der Waals surface area (Å²) in [5.74, 6) is -0.0320. The lowest BCUT2D eigenvalue weighted by Gasteiger charge is -2.35. The summed E-state index contributed by atoms with van der Waals surface area (Å²) < 4.78 is 0. The zero-order chi connectivity index (χ0) is 18.0. The molecule has 3 unspecified atom stereocenters. The molecule has 3 rings (SSSR count). The quantitative estimate of drug-likeness (QED) is 0.911. The van der Waals surface area contributed by atoms with E-state index in [4.69, 9.17) is 0 Å². The van der Waals surface area contributed by atoms with Gasteiger partial charge in [-0.15, -0.1) is 0 Å². The number of aryl methyl sites for hydroxylation is 1. The zero-order valence-corrected chi connectivity index (χ0v) is 15.1. The number of para-hydroxylation sites is 1. The lowest BCUT2D eigenvalue weighted by atomic mass is 9.92. The van der Waals surface area contributed by atoms with E-state index in [-0.39, 0.29) is 30.1 Å². The maximum Gasteiger partial charge on any atom is 0.228 e. The molecule has 2 amide bonds.